The van der Waals surface area contributed by atoms with Crippen molar-refractivity contribution in [1.82, 2.24) is 4.31 Å². The van der Waals surface area contributed by atoms with Crippen LogP contribution in [0.15, 0.2) is 29.2 Å². The highest BCUT2D eigenvalue weighted by atomic mass is 127. The first kappa shape index (κ1) is 16.4. The summed E-state index contributed by atoms with van der Waals surface area (Å²) in [4.78, 5) is 11.4. The summed E-state index contributed by atoms with van der Waals surface area (Å²) in [5, 5.41) is 0. The number of nitrogens with zero attached hydrogens (tertiary/aromatic N) is 1. The van der Waals surface area contributed by atoms with Gasteiger partial charge >= 0.3 is 5.97 Å². The second-order valence-corrected chi connectivity index (χ2v) is 7.13. The van der Waals surface area contributed by atoms with Crippen molar-refractivity contribution in [3.05, 3.63) is 27.8 Å². The van der Waals surface area contributed by atoms with Crippen LogP contribution in [0, 0.1) is 3.57 Å². The van der Waals surface area contributed by atoms with Crippen LogP contribution in [0.25, 0.3) is 0 Å². The molecule has 0 heterocycles. The molecule has 106 valence electrons. The van der Waals surface area contributed by atoms with Gasteiger partial charge in [-0.1, -0.05) is 0 Å². The monoisotopic (exact) mass is 397 g/mol. The van der Waals surface area contributed by atoms with Crippen molar-refractivity contribution in [2.45, 2.75) is 18.2 Å². The Hall–Kier alpha value is -0.670. The quantitative estimate of drug-likeness (QED) is 0.543. The number of rotatable bonds is 6. The first-order valence-corrected chi connectivity index (χ1v) is 8.27. The van der Waals surface area contributed by atoms with Crippen LogP contribution in [-0.2, 0) is 19.6 Å². The van der Waals surface area contributed by atoms with Crippen LogP contribution >= 0.6 is 22.6 Å². The zero-order valence-corrected chi connectivity index (χ0v) is 13.8. The fourth-order valence-electron chi connectivity index (χ4n) is 1.39. The molecule has 0 saturated heterocycles. The number of carbonyl (C=O) groups excluding carboxylic acids is 1. The highest BCUT2D eigenvalue weighted by Crippen LogP contribution is 2.16. The molecule has 0 radical (unpaired) electrons. The van der Waals surface area contributed by atoms with E-state index in [1.165, 1.54) is 7.05 Å². The first-order valence-electron chi connectivity index (χ1n) is 5.75. The predicted molar refractivity (Wildman–Crippen MR) is 80.2 cm³/mol. The van der Waals surface area contributed by atoms with E-state index < -0.39 is 16.0 Å². The van der Waals surface area contributed by atoms with E-state index in [2.05, 4.69) is 22.6 Å². The molecule has 0 spiro atoms. The number of sulfonamides is 1. The Bertz CT molecular complexity index is 527. The molecule has 19 heavy (non-hydrogen) atoms. The van der Waals surface area contributed by atoms with Crippen molar-refractivity contribution >= 4 is 38.6 Å². The summed E-state index contributed by atoms with van der Waals surface area (Å²) in [6.07, 6.45) is 0.0495. The van der Waals surface area contributed by atoms with Crippen molar-refractivity contribution in [3.63, 3.8) is 0 Å². The maximum Gasteiger partial charge on any atom is 0.307 e. The summed E-state index contributed by atoms with van der Waals surface area (Å²) in [7, 11) is -2.09. The number of benzene rings is 1. The number of esters is 1. The third-order valence-electron chi connectivity index (χ3n) is 2.46. The van der Waals surface area contributed by atoms with Gasteiger partial charge in [0.15, 0.2) is 0 Å². The van der Waals surface area contributed by atoms with E-state index in [1.54, 1.807) is 31.2 Å². The maximum atomic E-state index is 12.2. The standard InChI is InChI=1S/C12H16INO4S/c1-3-18-12(15)8-9-14(2)19(16,17)11-6-4-10(13)5-7-11/h4-7H,3,8-9H2,1-2H3. The molecule has 5 nitrogen and oxygen atoms in total. The lowest BCUT2D eigenvalue weighted by Gasteiger charge is -2.16. The molecule has 0 amide bonds. The topological polar surface area (TPSA) is 63.7 Å². The number of hydrogen-bond donors (Lipinski definition) is 0. The SMILES string of the molecule is CCOC(=O)CCN(C)S(=O)(=O)c1ccc(I)cc1. The molecule has 0 aliphatic rings. The van der Waals surface area contributed by atoms with Gasteiger partial charge in [-0.15, -0.1) is 0 Å². The zero-order valence-electron chi connectivity index (χ0n) is 10.8. The van der Waals surface area contributed by atoms with E-state index in [-0.39, 0.29) is 17.9 Å². The van der Waals surface area contributed by atoms with Gasteiger partial charge in [-0.25, -0.2) is 12.7 Å². The van der Waals surface area contributed by atoms with E-state index >= 15 is 0 Å². The molecule has 0 N–H and O–H groups in total. The number of halogens is 1. The van der Waals surface area contributed by atoms with Gasteiger partial charge in [-0.2, -0.15) is 0 Å². The van der Waals surface area contributed by atoms with Crippen molar-refractivity contribution < 1.29 is 17.9 Å². The van der Waals surface area contributed by atoms with E-state index in [9.17, 15) is 13.2 Å². The molecule has 1 aromatic rings. The minimum atomic E-state index is -3.54. The fourth-order valence-corrected chi connectivity index (χ4v) is 2.92. The van der Waals surface area contributed by atoms with Crippen LogP contribution < -0.4 is 0 Å². The highest BCUT2D eigenvalue weighted by Gasteiger charge is 2.21. The Labute approximate surface area is 127 Å². The summed E-state index contributed by atoms with van der Waals surface area (Å²) in [5.41, 5.74) is 0. The van der Waals surface area contributed by atoms with Crippen LogP contribution in [0.1, 0.15) is 13.3 Å². The average molecular weight is 397 g/mol. The lowest BCUT2D eigenvalue weighted by atomic mass is 10.4. The summed E-state index contributed by atoms with van der Waals surface area (Å²) in [5.74, 6) is -0.396. The molecular weight excluding hydrogens is 381 g/mol. The van der Waals surface area contributed by atoms with Gasteiger partial charge in [-0.3, -0.25) is 4.79 Å². The Morgan fingerprint density at radius 1 is 1.32 bits per heavy atom. The summed E-state index contributed by atoms with van der Waals surface area (Å²) >= 11 is 2.11. The van der Waals surface area contributed by atoms with Crippen LogP contribution in [0.5, 0.6) is 0 Å². The molecule has 1 rings (SSSR count). The number of carbonyl (C=O) groups is 1. The minimum Gasteiger partial charge on any atom is -0.466 e. The molecule has 7 heteroatoms. The van der Waals surface area contributed by atoms with Crippen LogP contribution in [0.4, 0.5) is 0 Å². The molecule has 0 aromatic heterocycles. The minimum absolute atomic E-state index is 0.0495. The zero-order chi connectivity index (χ0) is 14.5. The summed E-state index contributed by atoms with van der Waals surface area (Å²) in [6.45, 7) is 2.11. The van der Waals surface area contributed by atoms with Gasteiger partial charge < -0.3 is 4.74 Å². The van der Waals surface area contributed by atoms with Gasteiger partial charge in [0.25, 0.3) is 0 Å². The Morgan fingerprint density at radius 3 is 2.42 bits per heavy atom. The van der Waals surface area contributed by atoms with Crippen LogP contribution in [0.3, 0.4) is 0 Å². The highest BCUT2D eigenvalue weighted by molar-refractivity contribution is 14.1. The molecule has 0 unspecified atom stereocenters. The maximum absolute atomic E-state index is 12.2. The van der Waals surface area contributed by atoms with E-state index in [0.29, 0.717) is 6.61 Å². The predicted octanol–water partition coefficient (Wildman–Crippen LogP) is 1.86. The van der Waals surface area contributed by atoms with Gasteiger partial charge in [0.2, 0.25) is 10.0 Å². The summed E-state index contributed by atoms with van der Waals surface area (Å²) in [6, 6.07) is 6.56. The molecule has 0 aliphatic carbocycles. The molecule has 0 aliphatic heterocycles. The van der Waals surface area contributed by atoms with E-state index in [0.717, 1.165) is 7.88 Å². The number of ether oxygens (including phenoxy) is 1. The second kappa shape index (κ2) is 7.20. The van der Waals surface area contributed by atoms with Crippen molar-refractivity contribution in [2.75, 3.05) is 20.2 Å². The van der Waals surface area contributed by atoms with E-state index in [4.69, 9.17) is 4.74 Å². The van der Waals surface area contributed by atoms with Crippen LogP contribution in [0.2, 0.25) is 0 Å². The lowest BCUT2D eigenvalue weighted by molar-refractivity contribution is -0.143. The lowest BCUT2D eigenvalue weighted by Crippen LogP contribution is -2.29. The van der Waals surface area contributed by atoms with Crippen molar-refractivity contribution in [1.29, 1.82) is 0 Å². The molecule has 0 bridgehead atoms. The van der Waals surface area contributed by atoms with Gasteiger partial charge in [0.05, 0.1) is 17.9 Å². The van der Waals surface area contributed by atoms with Crippen molar-refractivity contribution in [2.24, 2.45) is 0 Å². The third-order valence-corrected chi connectivity index (χ3v) is 5.05. The Morgan fingerprint density at radius 2 is 1.89 bits per heavy atom. The third kappa shape index (κ3) is 4.73. The Balaban J connectivity index is 2.72. The largest absolute Gasteiger partial charge is 0.466 e. The molecule has 0 atom stereocenters. The second-order valence-electron chi connectivity index (χ2n) is 3.84. The molecule has 0 fully saturated rings. The van der Waals surface area contributed by atoms with Gasteiger partial charge in [0.1, 0.15) is 0 Å². The van der Waals surface area contributed by atoms with Gasteiger partial charge in [-0.05, 0) is 53.8 Å². The van der Waals surface area contributed by atoms with Gasteiger partial charge in [0, 0.05) is 17.2 Å². The number of hydrogen-bond acceptors (Lipinski definition) is 4. The fraction of sp³-hybridized carbons (Fsp3) is 0.417. The first-order chi connectivity index (χ1) is 8.87. The summed E-state index contributed by atoms with van der Waals surface area (Å²) < 4.78 is 31.3. The normalized spacial score (nSPS) is 11.6. The average Bonchev–Trinajstić information content (AvgIpc) is 2.36. The smallest absolute Gasteiger partial charge is 0.307 e. The Kier molecular flexibility index (Phi) is 6.21. The molecule has 1 aromatic carbocycles. The molecular formula is C12H16INO4S. The van der Waals surface area contributed by atoms with Crippen LogP contribution in [-0.4, -0.2) is 38.9 Å². The molecule has 0 saturated carbocycles. The van der Waals surface area contributed by atoms with E-state index in [1.807, 2.05) is 0 Å². The van der Waals surface area contributed by atoms with Crippen molar-refractivity contribution in [3.8, 4) is 0 Å².